The lowest BCUT2D eigenvalue weighted by atomic mass is 10.1. The van der Waals surface area contributed by atoms with E-state index in [4.69, 9.17) is 24.7 Å². The molecule has 0 rings (SSSR count). The van der Waals surface area contributed by atoms with E-state index in [1.165, 1.54) is 0 Å². The van der Waals surface area contributed by atoms with Gasteiger partial charge in [-0.05, 0) is 34.1 Å². The first-order valence-electron chi connectivity index (χ1n) is 8.08. The monoisotopic (exact) mass is 334 g/mol. The second-order valence-electron chi connectivity index (χ2n) is 6.34. The maximum absolute atomic E-state index is 12.1. The number of rotatable bonds is 14. The van der Waals surface area contributed by atoms with Gasteiger partial charge in [0.2, 0.25) is 0 Å². The molecular formula is C16H34N2O5. The van der Waals surface area contributed by atoms with Gasteiger partial charge in [-0.15, -0.1) is 0 Å². The third-order valence-corrected chi connectivity index (χ3v) is 3.43. The summed E-state index contributed by atoms with van der Waals surface area (Å²) < 4.78 is 21.5. The van der Waals surface area contributed by atoms with Crippen LogP contribution in [0, 0.1) is 0 Å². The van der Waals surface area contributed by atoms with E-state index in [1.54, 1.807) is 21.0 Å². The first kappa shape index (κ1) is 22.3. The Balaban J connectivity index is 3.78. The highest BCUT2D eigenvalue weighted by Crippen LogP contribution is 2.16. The summed E-state index contributed by atoms with van der Waals surface area (Å²) in [6.07, 6.45) is 0.714. The summed E-state index contributed by atoms with van der Waals surface area (Å²) in [5.41, 5.74) is 4.16. The largest absolute Gasteiger partial charge is 0.379 e. The van der Waals surface area contributed by atoms with Crippen LogP contribution in [0.4, 0.5) is 0 Å². The van der Waals surface area contributed by atoms with Gasteiger partial charge < -0.3 is 30.0 Å². The van der Waals surface area contributed by atoms with E-state index in [2.05, 4.69) is 5.32 Å². The van der Waals surface area contributed by atoms with Crippen molar-refractivity contribution in [2.24, 2.45) is 5.73 Å². The Kier molecular flexibility index (Phi) is 11.4. The van der Waals surface area contributed by atoms with E-state index in [0.29, 0.717) is 52.5 Å². The standard InChI is InChI=1S/C16H34N2O5/c1-15(2,20-5)6-9-23-16(3,4)14(19)18-8-11-22-13-12-21-10-7-17/h6-13,17H2,1-5H3,(H,18,19). The fraction of sp³-hybridized carbons (Fsp3) is 0.938. The van der Waals surface area contributed by atoms with Crippen LogP contribution in [0.25, 0.3) is 0 Å². The Labute approximate surface area is 140 Å². The van der Waals surface area contributed by atoms with Crippen LogP contribution in [0.15, 0.2) is 0 Å². The average molecular weight is 334 g/mol. The molecule has 138 valence electrons. The molecule has 3 N–H and O–H groups in total. The third-order valence-electron chi connectivity index (χ3n) is 3.43. The first-order valence-corrected chi connectivity index (χ1v) is 8.08. The van der Waals surface area contributed by atoms with Gasteiger partial charge in [-0.25, -0.2) is 0 Å². The number of carbonyl (C=O) groups is 1. The molecule has 0 aromatic carbocycles. The fourth-order valence-electron chi connectivity index (χ4n) is 1.57. The summed E-state index contributed by atoms with van der Waals surface area (Å²) in [4.78, 5) is 12.1. The van der Waals surface area contributed by atoms with Crippen LogP contribution in [0.3, 0.4) is 0 Å². The lowest BCUT2D eigenvalue weighted by Gasteiger charge is -2.28. The molecule has 0 aliphatic heterocycles. The molecule has 0 bridgehead atoms. The smallest absolute Gasteiger partial charge is 0.251 e. The van der Waals surface area contributed by atoms with Gasteiger partial charge >= 0.3 is 0 Å². The number of amides is 1. The van der Waals surface area contributed by atoms with Gasteiger partial charge in [0.1, 0.15) is 5.60 Å². The molecule has 0 aliphatic carbocycles. The minimum Gasteiger partial charge on any atom is -0.379 e. The molecule has 0 aliphatic rings. The molecule has 0 unspecified atom stereocenters. The van der Waals surface area contributed by atoms with Crippen molar-refractivity contribution in [3.8, 4) is 0 Å². The summed E-state index contributed by atoms with van der Waals surface area (Å²) in [6, 6.07) is 0. The normalized spacial score (nSPS) is 12.4. The number of methoxy groups -OCH3 is 1. The maximum Gasteiger partial charge on any atom is 0.251 e. The van der Waals surface area contributed by atoms with E-state index >= 15 is 0 Å². The van der Waals surface area contributed by atoms with Crippen molar-refractivity contribution in [1.29, 1.82) is 0 Å². The van der Waals surface area contributed by atoms with E-state index in [0.717, 1.165) is 0 Å². The van der Waals surface area contributed by atoms with Crippen molar-refractivity contribution >= 4 is 5.91 Å². The average Bonchev–Trinajstić information content (AvgIpc) is 2.49. The van der Waals surface area contributed by atoms with E-state index in [1.807, 2.05) is 13.8 Å². The molecule has 0 atom stereocenters. The highest BCUT2D eigenvalue weighted by Gasteiger charge is 2.29. The molecule has 23 heavy (non-hydrogen) atoms. The van der Waals surface area contributed by atoms with E-state index in [9.17, 15) is 4.79 Å². The van der Waals surface area contributed by atoms with Crippen molar-refractivity contribution in [2.45, 2.75) is 45.3 Å². The minimum absolute atomic E-state index is 0.157. The summed E-state index contributed by atoms with van der Waals surface area (Å²) in [5.74, 6) is -0.157. The molecular weight excluding hydrogens is 300 g/mol. The third kappa shape index (κ3) is 11.4. The Morgan fingerprint density at radius 2 is 1.61 bits per heavy atom. The quantitative estimate of drug-likeness (QED) is 0.455. The Hall–Kier alpha value is -0.730. The number of nitrogens with two attached hydrogens (primary N) is 1. The second-order valence-corrected chi connectivity index (χ2v) is 6.34. The van der Waals surface area contributed by atoms with Gasteiger partial charge in [0, 0.05) is 20.2 Å². The van der Waals surface area contributed by atoms with E-state index in [-0.39, 0.29) is 11.5 Å². The number of hydrogen-bond acceptors (Lipinski definition) is 6. The predicted octanol–water partition coefficient (Wildman–Crippen LogP) is 0.705. The lowest BCUT2D eigenvalue weighted by Crippen LogP contribution is -2.46. The molecule has 0 heterocycles. The lowest BCUT2D eigenvalue weighted by molar-refractivity contribution is -0.145. The van der Waals surface area contributed by atoms with Gasteiger partial charge in [0.25, 0.3) is 5.91 Å². The molecule has 0 spiro atoms. The van der Waals surface area contributed by atoms with Crippen molar-refractivity contribution in [2.75, 3.05) is 53.2 Å². The van der Waals surface area contributed by atoms with Crippen LogP contribution in [0.5, 0.6) is 0 Å². The fourth-order valence-corrected chi connectivity index (χ4v) is 1.57. The molecule has 0 saturated heterocycles. The topological polar surface area (TPSA) is 92.0 Å². The van der Waals surface area contributed by atoms with Gasteiger partial charge in [-0.3, -0.25) is 4.79 Å². The van der Waals surface area contributed by atoms with Crippen LogP contribution in [0.1, 0.15) is 34.1 Å². The van der Waals surface area contributed by atoms with Crippen LogP contribution in [-0.2, 0) is 23.7 Å². The molecule has 0 aromatic heterocycles. The SMILES string of the molecule is COC(C)(C)CCOC(C)(C)C(=O)NCCOCCOCCN. The molecule has 1 amide bonds. The van der Waals surface area contributed by atoms with Gasteiger partial charge in [-0.2, -0.15) is 0 Å². The zero-order chi connectivity index (χ0) is 17.8. The van der Waals surface area contributed by atoms with Crippen molar-refractivity contribution < 1.29 is 23.7 Å². The van der Waals surface area contributed by atoms with Crippen LogP contribution in [-0.4, -0.2) is 70.3 Å². The summed E-state index contributed by atoms with van der Waals surface area (Å²) in [5, 5.41) is 2.81. The van der Waals surface area contributed by atoms with Crippen molar-refractivity contribution in [3.63, 3.8) is 0 Å². The number of nitrogens with one attached hydrogen (secondary N) is 1. The maximum atomic E-state index is 12.1. The zero-order valence-electron chi connectivity index (χ0n) is 15.3. The van der Waals surface area contributed by atoms with Gasteiger partial charge in [0.05, 0.1) is 38.6 Å². The summed E-state index contributed by atoms with van der Waals surface area (Å²) in [6.45, 7) is 10.8. The highest BCUT2D eigenvalue weighted by atomic mass is 16.5. The van der Waals surface area contributed by atoms with E-state index < -0.39 is 5.60 Å². The highest BCUT2D eigenvalue weighted by molar-refractivity contribution is 5.84. The van der Waals surface area contributed by atoms with Crippen molar-refractivity contribution in [3.05, 3.63) is 0 Å². The Morgan fingerprint density at radius 1 is 1.00 bits per heavy atom. The molecule has 0 radical (unpaired) electrons. The van der Waals surface area contributed by atoms with Crippen LogP contribution < -0.4 is 11.1 Å². The summed E-state index contributed by atoms with van der Waals surface area (Å²) in [7, 11) is 1.67. The Bertz CT molecular complexity index is 322. The van der Waals surface area contributed by atoms with Gasteiger partial charge in [-0.1, -0.05) is 0 Å². The molecule has 7 heteroatoms. The van der Waals surface area contributed by atoms with Crippen LogP contribution in [0.2, 0.25) is 0 Å². The molecule has 7 nitrogen and oxygen atoms in total. The van der Waals surface area contributed by atoms with Crippen molar-refractivity contribution in [1.82, 2.24) is 5.32 Å². The summed E-state index contributed by atoms with van der Waals surface area (Å²) >= 11 is 0. The number of hydrogen-bond donors (Lipinski definition) is 2. The molecule has 0 aromatic rings. The van der Waals surface area contributed by atoms with Crippen LogP contribution >= 0.6 is 0 Å². The number of carbonyl (C=O) groups excluding carboxylic acids is 1. The Morgan fingerprint density at radius 3 is 2.17 bits per heavy atom. The predicted molar refractivity (Wildman–Crippen MR) is 89.4 cm³/mol. The second kappa shape index (κ2) is 11.8. The molecule has 0 fully saturated rings. The zero-order valence-corrected chi connectivity index (χ0v) is 15.3. The minimum atomic E-state index is -0.881. The van der Waals surface area contributed by atoms with Gasteiger partial charge in [0.15, 0.2) is 0 Å². The number of ether oxygens (including phenoxy) is 4. The molecule has 0 saturated carbocycles. The first-order chi connectivity index (χ1) is 10.7.